The Bertz CT molecular complexity index is 853. The highest BCUT2D eigenvalue weighted by atomic mass is 32.2. The highest BCUT2D eigenvalue weighted by Crippen LogP contribution is 2.34. The molecule has 0 atom stereocenters. The quantitative estimate of drug-likeness (QED) is 0.784. The summed E-state index contributed by atoms with van der Waals surface area (Å²) in [6.07, 6.45) is 0.0302. The Morgan fingerprint density at radius 1 is 1.04 bits per heavy atom. The predicted molar refractivity (Wildman–Crippen MR) is 92.9 cm³/mol. The van der Waals surface area contributed by atoms with E-state index in [9.17, 15) is 13.2 Å². The molecule has 25 heavy (non-hydrogen) atoms. The second-order valence-corrected chi connectivity index (χ2v) is 7.31. The third-order valence-corrected chi connectivity index (χ3v) is 4.89. The topological polar surface area (TPSA) is 93.7 Å². The molecule has 0 unspecified atom stereocenters. The molecule has 1 aliphatic heterocycles. The van der Waals surface area contributed by atoms with Crippen molar-refractivity contribution in [1.82, 2.24) is 4.72 Å². The first-order valence-electron chi connectivity index (χ1n) is 7.73. The fourth-order valence-electron chi connectivity index (χ4n) is 2.36. The average Bonchev–Trinajstić information content (AvgIpc) is 3.02. The average molecular weight is 362 g/mol. The molecule has 0 spiro atoms. The number of carbonyl (C=O) groups excluding carboxylic acids is 1. The van der Waals surface area contributed by atoms with Crippen LogP contribution >= 0.6 is 0 Å². The van der Waals surface area contributed by atoms with Crippen molar-refractivity contribution < 1.29 is 22.7 Å². The van der Waals surface area contributed by atoms with Crippen molar-refractivity contribution in [2.75, 3.05) is 18.7 Å². The molecule has 0 bridgehead atoms. The van der Waals surface area contributed by atoms with Crippen molar-refractivity contribution in [2.24, 2.45) is 0 Å². The maximum atomic E-state index is 12.0. The van der Waals surface area contributed by atoms with Crippen molar-refractivity contribution in [2.45, 2.75) is 12.2 Å². The summed E-state index contributed by atoms with van der Waals surface area (Å²) in [5.74, 6) is 0.798. The van der Waals surface area contributed by atoms with E-state index in [0.29, 0.717) is 22.7 Å². The second-order valence-electron chi connectivity index (χ2n) is 5.51. The van der Waals surface area contributed by atoms with E-state index in [4.69, 9.17) is 9.47 Å². The monoisotopic (exact) mass is 362 g/mol. The lowest BCUT2D eigenvalue weighted by molar-refractivity contribution is -0.116. The Morgan fingerprint density at radius 2 is 1.80 bits per heavy atom. The van der Waals surface area contributed by atoms with Crippen LogP contribution in [-0.4, -0.2) is 27.7 Å². The third kappa shape index (κ3) is 4.94. The van der Waals surface area contributed by atoms with E-state index in [1.807, 2.05) is 6.07 Å². The van der Waals surface area contributed by atoms with Crippen molar-refractivity contribution in [1.29, 1.82) is 0 Å². The van der Waals surface area contributed by atoms with Crippen LogP contribution in [0.5, 0.6) is 11.5 Å². The first-order valence-corrected chi connectivity index (χ1v) is 9.38. The summed E-state index contributed by atoms with van der Waals surface area (Å²) in [6.45, 7) is 0.196. The van der Waals surface area contributed by atoms with Crippen LogP contribution in [0.25, 0.3) is 0 Å². The van der Waals surface area contributed by atoms with E-state index < -0.39 is 10.0 Å². The van der Waals surface area contributed by atoms with Gasteiger partial charge in [-0.15, -0.1) is 0 Å². The molecule has 2 aromatic carbocycles. The van der Waals surface area contributed by atoms with E-state index in [-0.39, 0.29) is 31.4 Å². The molecule has 2 N–H and O–H groups in total. The number of sulfonamides is 1. The number of benzene rings is 2. The molecule has 1 amide bonds. The fraction of sp³-hybridized carbons (Fsp3) is 0.235. The number of ether oxygens (including phenoxy) is 2. The van der Waals surface area contributed by atoms with Gasteiger partial charge in [0.1, 0.15) is 0 Å². The molecule has 0 saturated carbocycles. The van der Waals surface area contributed by atoms with Crippen LogP contribution in [0.4, 0.5) is 5.69 Å². The maximum absolute atomic E-state index is 12.0. The molecule has 0 fully saturated rings. The SMILES string of the molecule is O=C(CCNS(=O)(=O)Cc1ccccc1)Nc1ccc2c(c1)OCO2. The first kappa shape index (κ1) is 17.2. The minimum atomic E-state index is -3.48. The molecule has 0 saturated heterocycles. The number of rotatable bonds is 7. The number of anilines is 1. The van der Waals surface area contributed by atoms with Gasteiger partial charge in [-0.1, -0.05) is 30.3 Å². The van der Waals surface area contributed by atoms with Crippen LogP contribution in [0.15, 0.2) is 48.5 Å². The van der Waals surface area contributed by atoms with Crippen molar-refractivity contribution in [3.05, 3.63) is 54.1 Å². The van der Waals surface area contributed by atoms with Gasteiger partial charge in [0, 0.05) is 24.7 Å². The standard InChI is InChI=1S/C17H18N2O5S/c20-17(19-14-6-7-15-16(10-14)24-12-23-15)8-9-18-25(21,22)11-13-4-2-1-3-5-13/h1-7,10,18H,8-9,11-12H2,(H,19,20). The van der Waals surface area contributed by atoms with Crippen LogP contribution < -0.4 is 19.5 Å². The number of amides is 1. The summed E-state index contributed by atoms with van der Waals surface area (Å²) >= 11 is 0. The summed E-state index contributed by atoms with van der Waals surface area (Å²) in [5, 5.41) is 2.70. The molecule has 8 heteroatoms. The summed E-state index contributed by atoms with van der Waals surface area (Å²) in [4.78, 5) is 11.9. The summed E-state index contributed by atoms with van der Waals surface area (Å²) in [5.41, 5.74) is 1.27. The van der Waals surface area contributed by atoms with Gasteiger partial charge in [-0.25, -0.2) is 13.1 Å². The van der Waals surface area contributed by atoms with Crippen LogP contribution in [0.3, 0.4) is 0 Å². The van der Waals surface area contributed by atoms with Gasteiger partial charge in [-0.05, 0) is 17.7 Å². The number of carbonyl (C=O) groups is 1. The van der Waals surface area contributed by atoms with Crippen molar-refractivity contribution in [3.63, 3.8) is 0 Å². The van der Waals surface area contributed by atoms with Crippen LogP contribution in [0, 0.1) is 0 Å². The first-order chi connectivity index (χ1) is 12.0. The van der Waals surface area contributed by atoms with Gasteiger partial charge in [0.25, 0.3) is 0 Å². The van der Waals surface area contributed by atoms with Crippen molar-refractivity contribution in [3.8, 4) is 11.5 Å². The minimum absolute atomic E-state index is 0.0302. The maximum Gasteiger partial charge on any atom is 0.231 e. The Hall–Kier alpha value is -2.58. The van der Waals surface area contributed by atoms with Gasteiger partial charge in [0.15, 0.2) is 11.5 Å². The fourth-order valence-corrected chi connectivity index (χ4v) is 3.51. The molecule has 1 heterocycles. The van der Waals surface area contributed by atoms with E-state index in [1.165, 1.54) is 0 Å². The molecule has 0 aliphatic carbocycles. The van der Waals surface area contributed by atoms with E-state index in [2.05, 4.69) is 10.0 Å². The molecule has 0 aromatic heterocycles. The molecular weight excluding hydrogens is 344 g/mol. The number of nitrogens with one attached hydrogen (secondary N) is 2. The van der Waals surface area contributed by atoms with Gasteiger partial charge < -0.3 is 14.8 Å². The lowest BCUT2D eigenvalue weighted by Gasteiger charge is -2.08. The Morgan fingerprint density at radius 3 is 2.60 bits per heavy atom. The van der Waals surface area contributed by atoms with E-state index >= 15 is 0 Å². The van der Waals surface area contributed by atoms with E-state index in [0.717, 1.165) is 0 Å². The second kappa shape index (κ2) is 7.54. The Balaban J connectivity index is 1.46. The Labute approximate surface area is 146 Å². The van der Waals surface area contributed by atoms with Crippen LogP contribution in [0.2, 0.25) is 0 Å². The lowest BCUT2D eigenvalue weighted by Crippen LogP contribution is -2.28. The lowest BCUT2D eigenvalue weighted by atomic mass is 10.2. The van der Waals surface area contributed by atoms with Gasteiger partial charge in [-0.2, -0.15) is 0 Å². The van der Waals surface area contributed by atoms with Gasteiger partial charge in [-0.3, -0.25) is 4.79 Å². The van der Waals surface area contributed by atoms with Crippen molar-refractivity contribution >= 4 is 21.6 Å². The predicted octanol–water partition coefficient (Wildman–Crippen LogP) is 1.86. The summed E-state index contributed by atoms with van der Waals surface area (Å²) in [7, 11) is -3.48. The molecule has 132 valence electrons. The molecule has 2 aromatic rings. The zero-order chi connectivity index (χ0) is 17.7. The number of hydrogen-bond acceptors (Lipinski definition) is 5. The number of hydrogen-bond donors (Lipinski definition) is 2. The highest BCUT2D eigenvalue weighted by Gasteiger charge is 2.15. The van der Waals surface area contributed by atoms with E-state index in [1.54, 1.807) is 42.5 Å². The largest absolute Gasteiger partial charge is 0.454 e. The number of fused-ring (bicyclic) bond motifs is 1. The zero-order valence-corrected chi connectivity index (χ0v) is 14.2. The molecule has 1 aliphatic rings. The van der Waals surface area contributed by atoms with Gasteiger partial charge in [0.2, 0.25) is 22.7 Å². The third-order valence-electron chi connectivity index (χ3n) is 3.53. The normalized spacial score (nSPS) is 12.8. The smallest absolute Gasteiger partial charge is 0.231 e. The zero-order valence-electron chi connectivity index (χ0n) is 13.4. The highest BCUT2D eigenvalue weighted by molar-refractivity contribution is 7.88. The minimum Gasteiger partial charge on any atom is -0.454 e. The summed E-state index contributed by atoms with van der Waals surface area (Å²) < 4.78 is 36.9. The van der Waals surface area contributed by atoms with Crippen LogP contribution in [0.1, 0.15) is 12.0 Å². The molecular formula is C17H18N2O5S. The van der Waals surface area contributed by atoms with Gasteiger partial charge in [0.05, 0.1) is 5.75 Å². The molecule has 3 rings (SSSR count). The molecule has 0 radical (unpaired) electrons. The van der Waals surface area contributed by atoms with Crippen LogP contribution in [-0.2, 0) is 20.6 Å². The summed E-state index contributed by atoms with van der Waals surface area (Å²) in [6, 6.07) is 13.9. The molecule has 7 nitrogen and oxygen atoms in total. The Kier molecular flexibility index (Phi) is 5.20. The van der Waals surface area contributed by atoms with Gasteiger partial charge >= 0.3 is 0 Å².